The summed E-state index contributed by atoms with van der Waals surface area (Å²) in [5, 5.41) is 7.89. The lowest BCUT2D eigenvalue weighted by molar-refractivity contribution is -0.115. The van der Waals surface area contributed by atoms with Crippen molar-refractivity contribution in [3.05, 3.63) is 36.2 Å². The number of benzene rings is 1. The number of nitrogens with one attached hydrogen (secondary N) is 1. The number of hydrogen-bond donors (Lipinski definition) is 1. The Hall–Kier alpha value is -1.82. The van der Waals surface area contributed by atoms with E-state index in [0.29, 0.717) is 10.9 Å². The summed E-state index contributed by atoms with van der Waals surface area (Å²) in [5.41, 5.74) is 0.898. The summed E-state index contributed by atoms with van der Waals surface area (Å²) in [6.07, 6.45) is 6.24. The van der Waals surface area contributed by atoms with Gasteiger partial charge in [-0.25, -0.2) is 4.98 Å². The van der Waals surface area contributed by atoms with E-state index in [-0.39, 0.29) is 5.91 Å². The fourth-order valence-electron chi connectivity index (χ4n) is 2.94. The minimum absolute atomic E-state index is 0.0448. The maximum atomic E-state index is 12.2. The number of carbonyl (C=O) groups excluding carboxylic acids is 1. The first-order valence-corrected chi connectivity index (χ1v) is 9.06. The Morgan fingerprint density at radius 2 is 2.04 bits per heavy atom. The number of nitrogens with zero attached hydrogens (tertiary/aromatic N) is 3. The minimum Gasteiger partial charge on any atom is -0.315 e. The van der Waals surface area contributed by atoms with Crippen LogP contribution in [0, 0.1) is 5.92 Å². The largest absolute Gasteiger partial charge is 0.315 e. The molecule has 23 heavy (non-hydrogen) atoms. The average Bonchev–Trinajstić information content (AvgIpc) is 3.25. The first-order valence-electron chi connectivity index (χ1n) is 8.08. The maximum Gasteiger partial charge on any atom is 0.237 e. The number of anilines is 1. The number of amides is 1. The Labute approximate surface area is 140 Å². The number of rotatable bonds is 6. The number of para-hydroxylation sites is 1. The molecule has 6 heteroatoms. The molecule has 1 aromatic heterocycles. The van der Waals surface area contributed by atoms with Crippen LogP contribution in [0.15, 0.2) is 35.5 Å². The predicted octanol–water partition coefficient (Wildman–Crippen LogP) is 3.29. The summed E-state index contributed by atoms with van der Waals surface area (Å²) in [5.74, 6) is 2.07. The van der Waals surface area contributed by atoms with Gasteiger partial charge in [-0.05, 0) is 18.1 Å². The van der Waals surface area contributed by atoms with Crippen molar-refractivity contribution in [3.63, 3.8) is 0 Å². The van der Waals surface area contributed by atoms with Crippen LogP contribution in [0.1, 0.15) is 31.5 Å². The van der Waals surface area contributed by atoms with Crippen molar-refractivity contribution in [2.24, 2.45) is 5.92 Å². The van der Waals surface area contributed by atoms with Crippen molar-refractivity contribution in [1.29, 1.82) is 0 Å². The van der Waals surface area contributed by atoms with Crippen molar-refractivity contribution < 1.29 is 4.79 Å². The van der Waals surface area contributed by atoms with Crippen molar-refractivity contribution in [2.45, 2.75) is 37.3 Å². The van der Waals surface area contributed by atoms with Crippen LogP contribution in [0.25, 0.3) is 0 Å². The SMILES string of the molecule is CN(C(=O)CSc1n[nH]c(CC2CCCC2)n1)c1ccccc1. The Balaban J connectivity index is 1.50. The van der Waals surface area contributed by atoms with Gasteiger partial charge in [-0.15, -0.1) is 5.10 Å². The first-order chi connectivity index (χ1) is 11.2. The van der Waals surface area contributed by atoms with Crippen molar-refractivity contribution in [2.75, 3.05) is 17.7 Å². The van der Waals surface area contributed by atoms with E-state index in [2.05, 4.69) is 15.2 Å². The normalized spacial score (nSPS) is 15.0. The molecule has 1 aliphatic carbocycles. The fourth-order valence-corrected chi connectivity index (χ4v) is 3.67. The lowest BCUT2D eigenvalue weighted by Gasteiger charge is -2.16. The van der Waals surface area contributed by atoms with E-state index in [1.165, 1.54) is 37.4 Å². The van der Waals surface area contributed by atoms with Crippen molar-refractivity contribution in [1.82, 2.24) is 15.2 Å². The van der Waals surface area contributed by atoms with Crippen LogP contribution in [0.3, 0.4) is 0 Å². The van der Waals surface area contributed by atoms with E-state index < -0.39 is 0 Å². The van der Waals surface area contributed by atoms with Crippen molar-refractivity contribution >= 4 is 23.4 Å². The average molecular weight is 330 g/mol. The topological polar surface area (TPSA) is 61.9 Å². The lowest BCUT2D eigenvalue weighted by Crippen LogP contribution is -2.27. The van der Waals surface area contributed by atoms with Crippen molar-refractivity contribution in [3.8, 4) is 0 Å². The number of H-pyrrole nitrogens is 1. The molecule has 0 radical (unpaired) electrons. The molecule has 0 atom stereocenters. The molecule has 122 valence electrons. The Kier molecular flexibility index (Phi) is 5.33. The Morgan fingerprint density at radius 3 is 2.78 bits per heavy atom. The highest BCUT2D eigenvalue weighted by Crippen LogP contribution is 2.27. The van der Waals surface area contributed by atoms with Crippen LogP contribution in [0.2, 0.25) is 0 Å². The summed E-state index contributed by atoms with van der Waals surface area (Å²) < 4.78 is 0. The van der Waals surface area contributed by atoms with E-state index in [4.69, 9.17) is 0 Å². The summed E-state index contributed by atoms with van der Waals surface area (Å²) >= 11 is 1.39. The van der Waals surface area contributed by atoms with E-state index in [1.54, 1.807) is 11.9 Å². The summed E-state index contributed by atoms with van der Waals surface area (Å²) in [6.45, 7) is 0. The lowest BCUT2D eigenvalue weighted by atomic mass is 10.0. The molecule has 1 amide bonds. The first kappa shape index (κ1) is 16.1. The third-order valence-corrected chi connectivity index (χ3v) is 5.14. The molecule has 1 fully saturated rings. The molecule has 0 spiro atoms. The smallest absolute Gasteiger partial charge is 0.237 e. The predicted molar refractivity (Wildman–Crippen MR) is 92.6 cm³/mol. The standard InChI is InChI=1S/C17H22N4OS/c1-21(14-9-3-2-4-10-14)16(22)12-23-17-18-15(19-20-17)11-13-7-5-6-8-13/h2-4,9-10,13H,5-8,11-12H2,1H3,(H,18,19,20). The zero-order valence-electron chi connectivity index (χ0n) is 13.4. The second kappa shape index (κ2) is 7.64. The number of hydrogen-bond acceptors (Lipinski definition) is 4. The molecular weight excluding hydrogens is 308 g/mol. The minimum atomic E-state index is 0.0448. The monoisotopic (exact) mass is 330 g/mol. The van der Waals surface area contributed by atoms with E-state index in [1.807, 2.05) is 30.3 Å². The highest BCUT2D eigenvalue weighted by Gasteiger charge is 2.18. The molecule has 1 aromatic carbocycles. The summed E-state index contributed by atoms with van der Waals surface area (Å²) in [4.78, 5) is 18.4. The maximum absolute atomic E-state index is 12.2. The van der Waals surface area contributed by atoms with Crippen LogP contribution < -0.4 is 4.90 Å². The molecule has 1 aliphatic rings. The molecule has 0 aliphatic heterocycles. The van der Waals surface area contributed by atoms with Gasteiger partial charge in [0.1, 0.15) is 5.82 Å². The van der Waals surface area contributed by atoms with Gasteiger partial charge in [0, 0.05) is 19.2 Å². The van der Waals surface area contributed by atoms with Gasteiger partial charge in [0.05, 0.1) is 5.75 Å². The van der Waals surface area contributed by atoms with E-state index >= 15 is 0 Å². The molecule has 2 aromatic rings. The van der Waals surface area contributed by atoms with Gasteiger partial charge in [-0.3, -0.25) is 9.89 Å². The van der Waals surface area contributed by atoms with E-state index in [0.717, 1.165) is 23.9 Å². The second-order valence-corrected chi connectivity index (χ2v) is 6.94. The Bertz CT molecular complexity index is 637. The third kappa shape index (κ3) is 4.34. The zero-order chi connectivity index (χ0) is 16.1. The third-order valence-electron chi connectivity index (χ3n) is 4.31. The van der Waals surface area contributed by atoms with Crippen LogP contribution in [0.4, 0.5) is 5.69 Å². The molecule has 0 saturated heterocycles. The fraction of sp³-hybridized carbons (Fsp3) is 0.471. The molecular formula is C17H22N4OS. The molecule has 0 unspecified atom stereocenters. The quantitative estimate of drug-likeness (QED) is 0.826. The molecule has 1 N–H and O–H groups in total. The summed E-state index contributed by atoms with van der Waals surface area (Å²) in [7, 11) is 1.79. The molecule has 3 rings (SSSR count). The van der Waals surface area contributed by atoms with Gasteiger partial charge in [0.25, 0.3) is 0 Å². The van der Waals surface area contributed by atoms with Crippen LogP contribution in [-0.4, -0.2) is 33.9 Å². The molecule has 1 heterocycles. The van der Waals surface area contributed by atoms with Gasteiger partial charge in [-0.2, -0.15) is 0 Å². The second-order valence-electron chi connectivity index (χ2n) is 6.00. The van der Waals surface area contributed by atoms with Gasteiger partial charge in [0.15, 0.2) is 0 Å². The number of carbonyl (C=O) groups is 1. The summed E-state index contributed by atoms with van der Waals surface area (Å²) in [6, 6.07) is 9.65. The Morgan fingerprint density at radius 1 is 1.30 bits per heavy atom. The zero-order valence-corrected chi connectivity index (χ0v) is 14.2. The number of thioether (sulfide) groups is 1. The number of aromatic nitrogens is 3. The molecule has 1 saturated carbocycles. The van der Waals surface area contributed by atoms with Gasteiger partial charge < -0.3 is 4.90 Å². The van der Waals surface area contributed by atoms with Gasteiger partial charge in [-0.1, -0.05) is 55.6 Å². The highest BCUT2D eigenvalue weighted by molar-refractivity contribution is 7.99. The van der Waals surface area contributed by atoms with Crippen LogP contribution in [-0.2, 0) is 11.2 Å². The molecule has 5 nitrogen and oxygen atoms in total. The van der Waals surface area contributed by atoms with Crippen LogP contribution >= 0.6 is 11.8 Å². The van der Waals surface area contributed by atoms with Gasteiger partial charge >= 0.3 is 0 Å². The molecule has 0 bridgehead atoms. The van der Waals surface area contributed by atoms with Gasteiger partial charge in [0.2, 0.25) is 11.1 Å². The number of aromatic amines is 1. The highest BCUT2D eigenvalue weighted by atomic mass is 32.2. The van der Waals surface area contributed by atoms with Crippen LogP contribution in [0.5, 0.6) is 0 Å². The van der Waals surface area contributed by atoms with E-state index in [9.17, 15) is 4.79 Å².